The summed E-state index contributed by atoms with van der Waals surface area (Å²) in [6, 6.07) is 28.0. The zero-order valence-electron chi connectivity index (χ0n) is 29.8. The van der Waals surface area contributed by atoms with Gasteiger partial charge >= 0.3 is 0 Å². The highest BCUT2D eigenvalue weighted by molar-refractivity contribution is 6.00. The van der Waals surface area contributed by atoms with E-state index in [-0.39, 0.29) is 0 Å². The Hall–Kier alpha value is -5.44. The number of aromatic amines is 2. The molecule has 0 amide bonds. The molecular weight excluding hydrogens is 633 g/mol. The molecule has 0 aliphatic carbocycles. The first-order valence-corrected chi connectivity index (χ1v) is 18.2. The number of aromatic nitrogens is 4. The molecule has 4 aromatic carbocycles. The molecule has 4 atom stereocenters. The standard InChI is InChI=1S/C42H46N8O/c1-25-17-26(2)22-49(21-25)39(43)31-9-15-35-37(19-31)47-41(45-35)29-5-11-33(12-6-29)51-34-13-7-30(8-14-34)42-46-36-16-10-32(20-38(36)48-42)40(44)50-23-27(3)18-28(4)24-50/h5-16,19-20,25-28,43-44H,17-18,21-24H2,1-4H3,(H,45,47)(H,46,48). The molecule has 2 aliphatic heterocycles. The van der Waals surface area contributed by atoms with Gasteiger partial charge < -0.3 is 24.5 Å². The molecule has 2 fully saturated rings. The lowest BCUT2D eigenvalue weighted by molar-refractivity contribution is 0.213. The molecular formula is C42H46N8O. The van der Waals surface area contributed by atoms with Crippen molar-refractivity contribution < 1.29 is 4.74 Å². The molecule has 8 rings (SSSR count). The molecule has 4 heterocycles. The average Bonchev–Trinajstić information content (AvgIpc) is 3.75. The van der Waals surface area contributed by atoms with Crippen LogP contribution in [0, 0.1) is 34.5 Å². The van der Waals surface area contributed by atoms with Gasteiger partial charge in [-0.3, -0.25) is 10.8 Å². The number of piperidine rings is 2. The Morgan fingerprint density at radius 1 is 0.569 bits per heavy atom. The molecule has 51 heavy (non-hydrogen) atoms. The van der Waals surface area contributed by atoms with Gasteiger partial charge in [0.15, 0.2) is 0 Å². The molecule has 0 saturated carbocycles. The van der Waals surface area contributed by atoms with E-state index in [0.717, 1.165) is 93.6 Å². The fourth-order valence-electron chi connectivity index (χ4n) is 8.13. The van der Waals surface area contributed by atoms with Crippen molar-refractivity contribution in [1.82, 2.24) is 29.7 Å². The van der Waals surface area contributed by atoms with E-state index >= 15 is 0 Å². The molecule has 9 heteroatoms. The van der Waals surface area contributed by atoms with Crippen LogP contribution >= 0.6 is 0 Å². The van der Waals surface area contributed by atoms with Crippen molar-refractivity contribution in [3.63, 3.8) is 0 Å². The molecule has 0 bridgehead atoms. The molecule has 6 aromatic rings. The van der Waals surface area contributed by atoms with E-state index in [4.69, 9.17) is 25.5 Å². The predicted molar refractivity (Wildman–Crippen MR) is 206 cm³/mol. The average molecular weight is 679 g/mol. The highest BCUT2D eigenvalue weighted by Crippen LogP contribution is 2.30. The topological polar surface area (TPSA) is 121 Å². The van der Waals surface area contributed by atoms with Gasteiger partial charge in [-0.05, 0) is 121 Å². The third-order valence-corrected chi connectivity index (χ3v) is 10.4. The summed E-state index contributed by atoms with van der Waals surface area (Å²) in [7, 11) is 0. The van der Waals surface area contributed by atoms with E-state index < -0.39 is 0 Å². The van der Waals surface area contributed by atoms with Crippen molar-refractivity contribution >= 4 is 33.7 Å². The number of nitrogens with one attached hydrogen (secondary N) is 4. The van der Waals surface area contributed by atoms with Crippen LogP contribution in [0.15, 0.2) is 84.9 Å². The minimum atomic E-state index is 0.579. The second-order valence-corrected chi connectivity index (χ2v) is 15.2. The number of imidazole rings is 2. The zero-order valence-corrected chi connectivity index (χ0v) is 29.8. The van der Waals surface area contributed by atoms with E-state index in [1.165, 1.54) is 12.8 Å². The quantitative estimate of drug-likeness (QED) is 0.103. The molecule has 4 N–H and O–H groups in total. The molecule has 4 unspecified atom stereocenters. The highest BCUT2D eigenvalue weighted by Gasteiger charge is 2.26. The van der Waals surface area contributed by atoms with Gasteiger partial charge in [-0.15, -0.1) is 0 Å². The zero-order chi connectivity index (χ0) is 35.2. The maximum Gasteiger partial charge on any atom is 0.138 e. The monoisotopic (exact) mass is 678 g/mol. The predicted octanol–water partition coefficient (Wildman–Crippen LogP) is 9.17. The Balaban J connectivity index is 0.922. The third-order valence-electron chi connectivity index (χ3n) is 10.4. The van der Waals surface area contributed by atoms with Gasteiger partial charge in [0.05, 0.1) is 22.1 Å². The maximum absolute atomic E-state index is 8.87. The van der Waals surface area contributed by atoms with Crippen LogP contribution in [0.5, 0.6) is 11.5 Å². The number of fused-ring (bicyclic) bond motifs is 2. The maximum atomic E-state index is 8.87. The largest absolute Gasteiger partial charge is 0.457 e. The molecule has 0 spiro atoms. The Labute approximate surface area is 299 Å². The van der Waals surface area contributed by atoms with Crippen molar-refractivity contribution in [2.75, 3.05) is 26.2 Å². The number of H-pyrrole nitrogens is 2. The van der Waals surface area contributed by atoms with Crippen LogP contribution in [-0.2, 0) is 0 Å². The van der Waals surface area contributed by atoms with Crippen LogP contribution in [-0.4, -0.2) is 67.6 Å². The molecule has 2 aromatic heterocycles. The minimum absolute atomic E-state index is 0.579. The summed E-state index contributed by atoms with van der Waals surface area (Å²) in [6.45, 7) is 12.8. The van der Waals surface area contributed by atoms with Crippen LogP contribution in [0.3, 0.4) is 0 Å². The Kier molecular flexibility index (Phi) is 8.58. The summed E-state index contributed by atoms with van der Waals surface area (Å²) in [4.78, 5) is 21.0. The molecule has 0 radical (unpaired) electrons. The van der Waals surface area contributed by atoms with E-state index in [1.807, 2.05) is 84.9 Å². The Bertz CT molecular complexity index is 2040. The van der Waals surface area contributed by atoms with Crippen molar-refractivity contribution in [2.45, 2.75) is 40.5 Å². The summed E-state index contributed by atoms with van der Waals surface area (Å²) in [5, 5.41) is 17.7. The molecule has 2 aliphatic rings. The van der Waals surface area contributed by atoms with Gasteiger partial charge in [0.2, 0.25) is 0 Å². The first kappa shape index (κ1) is 32.7. The lowest BCUT2D eigenvalue weighted by Gasteiger charge is -2.36. The van der Waals surface area contributed by atoms with Gasteiger partial charge in [0.1, 0.15) is 34.8 Å². The van der Waals surface area contributed by atoms with Crippen LogP contribution in [0.1, 0.15) is 51.7 Å². The van der Waals surface area contributed by atoms with Gasteiger partial charge in [0.25, 0.3) is 0 Å². The summed E-state index contributed by atoms with van der Waals surface area (Å²) in [5.74, 6) is 6.59. The smallest absolute Gasteiger partial charge is 0.138 e. The number of likely N-dealkylation sites (tertiary alicyclic amines) is 2. The van der Waals surface area contributed by atoms with Crippen molar-refractivity contribution in [3.05, 3.63) is 96.1 Å². The van der Waals surface area contributed by atoms with Crippen LogP contribution in [0.2, 0.25) is 0 Å². The van der Waals surface area contributed by atoms with E-state index in [0.29, 0.717) is 35.3 Å². The number of rotatable bonds is 6. The van der Waals surface area contributed by atoms with E-state index in [2.05, 4.69) is 47.5 Å². The van der Waals surface area contributed by atoms with Crippen LogP contribution in [0.4, 0.5) is 0 Å². The molecule has 9 nitrogen and oxygen atoms in total. The number of nitrogens with zero attached hydrogens (tertiary/aromatic N) is 4. The van der Waals surface area contributed by atoms with Crippen LogP contribution < -0.4 is 4.74 Å². The minimum Gasteiger partial charge on any atom is -0.457 e. The first-order chi connectivity index (χ1) is 24.6. The molecule has 260 valence electrons. The van der Waals surface area contributed by atoms with Crippen molar-refractivity contribution in [2.24, 2.45) is 23.7 Å². The number of ether oxygens (including phenoxy) is 1. The normalized spacial score (nSPS) is 20.9. The van der Waals surface area contributed by atoms with Gasteiger partial charge in [-0.25, -0.2) is 9.97 Å². The SMILES string of the molecule is CC1CC(C)CN(C(=N)c2ccc3[nH]c(-c4ccc(Oc5ccc(-c6nc7cc(C(=N)N8CC(C)CC(C)C8)ccc7[nH]6)cc5)cc4)nc3c2)C1. The fourth-order valence-corrected chi connectivity index (χ4v) is 8.13. The number of hydrogen-bond donors (Lipinski definition) is 4. The summed E-state index contributed by atoms with van der Waals surface area (Å²) in [5.41, 5.74) is 7.36. The number of benzene rings is 4. The molecule has 2 saturated heterocycles. The second-order valence-electron chi connectivity index (χ2n) is 15.2. The summed E-state index contributed by atoms with van der Waals surface area (Å²) < 4.78 is 6.19. The first-order valence-electron chi connectivity index (χ1n) is 18.2. The Morgan fingerprint density at radius 3 is 1.31 bits per heavy atom. The Morgan fingerprint density at radius 2 is 0.941 bits per heavy atom. The summed E-state index contributed by atoms with van der Waals surface area (Å²) >= 11 is 0. The lowest BCUT2D eigenvalue weighted by atomic mass is 9.91. The van der Waals surface area contributed by atoms with Gasteiger partial charge in [-0.1, -0.05) is 27.7 Å². The number of amidine groups is 2. The van der Waals surface area contributed by atoms with Crippen LogP contribution in [0.25, 0.3) is 44.8 Å². The van der Waals surface area contributed by atoms with Crippen molar-refractivity contribution in [1.29, 1.82) is 10.8 Å². The third kappa shape index (κ3) is 6.85. The van der Waals surface area contributed by atoms with Gasteiger partial charge in [0, 0.05) is 48.4 Å². The van der Waals surface area contributed by atoms with Crippen molar-refractivity contribution in [3.8, 4) is 34.3 Å². The second kappa shape index (κ2) is 13.4. The lowest BCUT2D eigenvalue weighted by Crippen LogP contribution is -2.42. The highest BCUT2D eigenvalue weighted by atomic mass is 16.5. The number of hydrogen-bond acceptors (Lipinski definition) is 5. The van der Waals surface area contributed by atoms with E-state index in [1.54, 1.807) is 0 Å². The summed E-state index contributed by atoms with van der Waals surface area (Å²) in [6.07, 6.45) is 2.44. The van der Waals surface area contributed by atoms with Gasteiger partial charge in [-0.2, -0.15) is 0 Å². The van der Waals surface area contributed by atoms with E-state index in [9.17, 15) is 0 Å². The fraction of sp³-hybridized carbons (Fsp3) is 0.333.